The Bertz CT molecular complexity index is 1040. The van der Waals surface area contributed by atoms with Gasteiger partial charge in [0.05, 0.1) is 5.75 Å². The van der Waals surface area contributed by atoms with E-state index in [1.165, 1.54) is 6.07 Å². The molecule has 1 amide bonds. The molecule has 0 saturated carbocycles. The lowest BCUT2D eigenvalue weighted by Gasteiger charge is -2.10. The number of anilines is 1. The molecule has 6 heteroatoms. The molecule has 26 heavy (non-hydrogen) atoms. The van der Waals surface area contributed by atoms with Crippen LogP contribution in [0.15, 0.2) is 66.7 Å². The van der Waals surface area contributed by atoms with Gasteiger partial charge < -0.3 is 5.32 Å². The van der Waals surface area contributed by atoms with Crippen LogP contribution in [0.5, 0.6) is 0 Å². The van der Waals surface area contributed by atoms with Crippen LogP contribution < -0.4 is 10.0 Å². The number of nitrogens with one attached hydrogen (secondary N) is 2. The molecule has 0 saturated heterocycles. The lowest BCUT2D eigenvalue weighted by atomic mass is 10.0. The molecule has 0 aliphatic heterocycles. The number of hydrogen-bond donors (Lipinski definition) is 2. The van der Waals surface area contributed by atoms with Crippen LogP contribution in [0.4, 0.5) is 5.69 Å². The highest BCUT2D eigenvalue weighted by atomic mass is 32.2. The summed E-state index contributed by atoms with van der Waals surface area (Å²) in [5.41, 5.74) is 1.81. The van der Waals surface area contributed by atoms with E-state index < -0.39 is 10.0 Å². The number of amides is 1. The molecule has 0 unspecified atom stereocenters. The van der Waals surface area contributed by atoms with Crippen molar-refractivity contribution in [2.75, 3.05) is 10.5 Å². The van der Waals surface area contributed by atoms with Crippen molar-refractivity contribution in [3.8, 4) is 0 Å². The van der Waals surface area contributed by atoms with Gasteiger partial charge in [-0.1, -0.05) is 48.5 Å². The molecule has 0 fully saturated rings. The number of carbonyl (C=O) groups is 1. The molecular formula is C20H20N2O3S. The zero-order valence-corrected chi connectivity index (χ0v) is 15.2. The summed E-state index contributed by atoms with van der Waals surface area (Å²) in [6, 6.07) is 20.4. The molecule has 134 valence electrons. The van der Waals surface area contributed by atoms with Crippen LogP contribution in [-0.4, -0.2) is 20.1 Å². The molecule has 3 aromatic carbocycles. The monoisotopic (exact) mass is 368 g/mol. The second-order valence-electron chi connectivity index (χ2n) is 5.91. The predicted octanol–water partition coefficient (Wildman–Crippen LogP) is 3.53. The minimum absolute atomic E-state index is 0.0233. The number of fused-ring (bicyclic) bond motifs is 1. The molecule has 0 atom stereocenters. The molecule has 3 rings (SSSR count). The molecule has 0 aliphatic rings. The molecular weight excluding hydrogens is 348 g/mol. The third-order valence-corrected chi connectivity index (χ3v) is 5.40. The largest absolute Gasteiger partial charge is 0.348 e. The number of hydrogen-bond acceptors (Lipinski definition) is 3. The van der Waals surface area contributed by atoms with Crippen LogP contribution in [0.25, 0.3) is 10.8 Å². The van der Waals surface area contributed by atoms with Gasteiger partial charge >= 0.3 is 0 Å². The van der Waals surface area contributed by atoms with Crippen LogP contribution in [0, 0.1) is 0 Å². The van der Waals surface area contributed by atoms with Crippen LogP contribution in [0.1, 0.15) is 22.8 Å². The Morgan fingerprint density at radius 1 is 0.962 bits per heavy atom. The highest BCUT2D eigenvalue weighted by Gasteiger charge is 2.10. The van der Waals surface area contributed by atoms with E-state index in [0.717, 1.165) is 16.3 Å². The average Bonchev–Trinajstić information content (AvgIpc) is 2.66. The standard InChI is InChI=1S/C20H20N2O3S/c1-2-26(24,25)22-18-11-6-9-16(13-18)20(23)21-14-17-10-5-8-15-7-3-4-12-19(15)17/h3-13,22H,2,14H2,1H3,(H,21,23). The van der Waals surface area contributed by atoms with Crippen molar-refractivity contribution in [1.29, 1.82) is 0 Å². The fourth-order valence-corrected chi connectivity index (χ4v) is 3.33. The quantitative estimate of drug-likeness (QED) is 0.699. The first-order chi connectivity index (χ1) is 12.5. The van der Waals surface area contributed by atoms with Crippen LogP contribution >= 0.6 is 0 Å². The first kappa shape index (κ1) is 17.9. The molecule has 0 aliphatic carbocycles. The van der Waals surface area contributed by atoms with E-state index in [0.29, 0.717) is 17.8 Å². The van der Waals surface area contributed by atoms with Crippen LogP contribution in [0.3, 0.4) is 0 Å². The Morgan fingerprint density at radius 3 is 2.50 bits per heavy atom. The SMILES string of the molecule is CCS(=O)(=O)Nc1cccc(C(=O)NCc2cccc3ccccc23)c1. The van der Waals surface area contributed by atoms with E-state index in [1.54, 1.807) is 25.1 Å². The topological polar surface area (TPSA) is 75.3 Å². The maximum Gasteiger partial charge on any atom is 0.251 e. The molecule has 0 heterocycles. The molecule has 5 nitrogen and oxygen atoms in total. The highest BCUT2D eigenvalue weighted by molar-refractivity contribution is 7.92. The van der Waals surface area contributed by atoms with Crippen molar-refractivity contribution in [2.24, 2.45) is 0 Å². The van der Waals surface area contributed by atoms with Gasteiger partial charge in [0.25, 0.3) is 5.91 Å². The summed E-state index contributed by atoms with van der Waals surface area (Å²) in [5.74, 6) is -0.277. The Kier molecular flexibility index (Phi) is 5.23. The summed E-state index contributed by atoms with van der Waals surface area (Å²) < 4.78 is 25.8. The molecule has 0 bridgehead atoms. The van der Waals surface area contributed by atoms with Crippen molar-refractivity contribution in [3.63, 3.8) is 0 Å². The van der Waals surface area contributed by atoms with E-state index >= 15 is 0 Å². The zero-order valence-electron chi connectivity index (χ0n) is 14.4. The van der Waals surface area contributed by atoms with Gasteiger partial charge in [0.1, 0.15) is 0 Å². The summed E-state index contributed by atoms with van der Waals surface area (Å²) in [4.78, 5) is 12.5. The molecule has 2 N–H and O–H groups in total. The lowest BCUT2D eigenvalue weighted by Crippen LogP contribution is -2.23. The predicted molar refractivity (Wildman–Crippen MR) is 105 cm³/mol. The minimum atomic E-state index is -3.38. The lowest BCUT2D eigenvalue weighted by molar-refractivity contribution is 0.0951. The first-order valence-corrected chi connectivity index (χ1v) is 9.99. The normalized spacial score (nSPS) is 11.3. The van der Waals surface area contributed by atoms with Gasteiger partial charge in [-0.25, -0.2) is 8.42 Å². The Labute approximate surface area is 153 Å². The van der Waals surface area contributed by atoms with E-state index in [9.17, 15) is 13.2 Å². The third kappa shape index (κ3) is 4.21. The maximum atomic E-state index is 12.5. The van der Waals surface area contributed by atoms with Crippen molar-refractivity contribution in [1.82, 2.24) is 5.32 Å². The van der Waals surface area contributed by atoms with E-state index in [2.05, 4.69) is 10.0 Å². The van der Waals surface area contributed by atoms with Gasteiger partial charge in [-0.05, 0) is 41.5 Å². The van der Waals surface area contributed by atoms with Crippen LogP contribution in [0.2, 0.25) is 0 Å². The summed E-state index contributed by atoms with van der Waals surface area (Å²) in [5, 5.41) is 5.11. The smallest absolute Gasteiger partial charge is 0.251 e. The Balaban J connectivity index is 1.74. The second-order valence-corrected chi connectivity index (χ2v) is 7.92. The summed E-state index contributed by atoms with van der Waals surface area (Å²) in [7, 11) is -3.38. The van der Waals surface area contributed by atoms with Gasteiger partial charge in [-0.15, -0.1) is 0 Å². The number of sulfonamides is 1. The summed E-state index contributed by atoms with van der Waals surface area (Å²) in [6.45, 7) is 1.95. The van der Waals surface area contributed by atoms with Gasteiger partial charge in [-0.2, -0.15) is 0 Å². The molecule has 0 radical (unpaired) electrons. The van der Waals surface area contributed by atoms with Gasteiger partial charge in [0.15, 0.2) is 0 Å². The number of carbonyl (C=O) groups excluding carboxylic acids is 1. The first-order valence-electron chi connectivity index (χ1n) is 8.34. The molecule has 0 aromatic heterocycles. The third-order valence-electron chi connectivity index (χ3n) is 4.10. The fourth-order valence-electron chi connectivity index (χ4n) is 2.70. The summed E-state index contributed by atoms with van der Waals surface area (Å²) >= 11 is 0. The van der Waals surface area contributed by atoms with Crippen molar-refractivity contribution in [3.05, 3.63) is 77.9 Å². The summed E-state index contributed by atoms with van der Waals surface area (Å²) in [6.07, 6.45) is 0. The van der Waals surface area contributed by atoms with Gasteiger partial charge in [-0.3, -0.25) is 9.52 Å². The number of benzene rings is 3. The minimum Gasteiger partial charge on any atom is -0.348 e. The Morgan fingerprint density at radius 2 is 1.69 bits per heavy atom. The maximum absolute atomic E-state index is 12.5. The molecule has 3 aromatic rings. The van der Waals surface area contributed by atoms with Crippen LogP contribution in [-0.2, 0) is 16.6 Å². The number of rotatable bonds is 6. The fraction of sp³-hybridized carbons (Fsp3) is 0.150. The highest BCUT2D eigenvalue weighted by Crippen LogP contribution is 2.18. The van der Waals surface area contributed by atoms with E-state index in [1.807, 2.05) is 42.5 Å². The second kappa shape index (κ2) is 7.58. The van der Waals surface area contributed by atoms with Gasteiger partial charge in [0.2, 0.25) is 10.0 Å². The zero-order chi connectivity index (χ0) is 18.6. The Hall–Kier alpha value is -2.86. The van der Waals surface area contributed by atoms with Crippen molar-refractivity contribution >= 4 is 32.4 Å². The van der Waals surface area contributed by atoms with Crippen molar-refractivity contribution in [2.45, 2.75) is 13.5 Å². The average molecular weight is 368 g/mol. The van der Waals surface area contributed by atoms with E-state index in [-0.39, 0.29) is 11.7 Å². The van der Waals surface area contributed by atoms with E-state index in [4.69, 9.17) is 0 Å². The van der Waals surface area contributed by atoms with Gasteiger partial charge in [0, 0.05) is 17.8 Å². The molecule has 0 spiro atoms. The van der Waals surface area contributed by atoms with Crippen molar-refractivity contribution < 1.29 is 13.2 Å².